The predicted octanol–water partition coefficient (Wildman–Crippen LogP) is 2.49. The maximum atomic E-state index is 12.3. The fourth-order valence-corrected chi connectivity index (χ4v) is 2.65. The van der Waals surface area contributed by atoms with E-state index in [9.17, 15) is 9.59 Å². The van der Waals surface area contributed by atoms with Gasteiger partial charge in [0.2, 0.25) is 0 Å². The molecule has 21 heavy (non-hydrogen) atoms. The number of urea groups is 1. The van der Waals surface area contributed by atoms with Crippen LogP contribution in [0.2, 0.25) is 0 Å². The first kappa shape index (κ1) is 15.4. The molecule has 0 fully saturated rings. The standard InChI is InChI=1S/C16H22N2O3/c1-12-11-13-7-3-4-8-14(13)18(12)16(20)17-10-6-5-9-15(19)21-2/h3-4,7-8,12H,5-6,9-11H2,1-2H3,(H,17,20). The monoisotopic (exact) mass is 290 g/mol. The van der Waals surface area contributed by atoms with Gasteiger partial charge in [-0.3, -0.25) is 9.69 Å². The van der Waals surface area contributed by atoms with E-state index in [0.29, 0.717) is 13.0 Å². The molecule has 0 aliphatic carbocycles. The van der Waals surface area contributed by atoms with Crippen molar-refractivity contribution in [2.24, 2.45) is 0 Å². The lowest BCUT2D eigenvalue weighted by Gasteiger charge is -2.23. The molecule has 2 rings (SSSR count). The van der Waals surface area contributed by atoms with Gasteiger partial charge in [0.15, 0.2) is 0 Å². The Morgan fingerprint density at radius 1 is 1.33 bits per heavy atom. The number of hydrogen-bond donors (Lipinski definition) is 1. The van der Waals surface area contributed by atoms with Gasteiger partial charge in [-0.1, -0.05) is 18.2 Å². The van der Waals surface area contributed by atoms with Crippen LogP contribution in [0.15, 0.2) is 24.3 Å². The summed E-state index contributed by atoms with van der Waals surface area (Å²) in [5.74, 6) is -0.205. The van der Waals surface area contributed by atoms with Gasteiger partial charge in [0.05, 0.1) is 7.11 Å². The van der Waals surface area contributed by atoms with Crippen LogP contribution >= 0.6 is 0 Å². The Hall–Kier alpha value is -2.04. The van der Waals surface area contributed by atoms with E-state index in [1.165, 1.54) is 12.7 Å². The average Bonchev–Trinajstić information content (AvgIpc) is 2.82. The second-order valence-electron chi connectivity index (χ2n) is 5.32. The van der Waals surface area contributed by atoms with Crippen LogP contribution in [0.1, 0.15) is 31.7 Å². The fourth-order valence-electron chi connectivity index (χ4n) is 2.65. The Kier molecular flexibility index (Phi) is 5.20. The highest BCUT2D eigenvalue weighted by atomic mass is 16.5. The van der Waals surface area contributed by atoms with Crippen LogP contribution in [0, 0.1) is 0 Å². The summed E-state index contributed by atoms with van der Waals surface area (Å²) in [7, 11) is 1.39. The van der Waals surface area contributed by atoms with Gasteiger partial charge in [0, 0.05) is 24.7 Å². The maximum absolute atomic E-state index is 12.3. The molecular formula is C16H22N2O3. The van der Waals surface area contributed by atoms with E-state index < -0.39 is 0 Å². The second kappa shape index (κ2) is 7.11. The number of carbonyl (C=O) groups is 2. The van der Waals surface area contributed by atoms with E-state index in [2.05, 4.69) is 23.0 Å². The molecule has 1 aliphatic rings. The van der Waals surface area contributed by atoms with Crippen LogP contribution < -0.4 is 10.2 Å². The van der Waals surface area contributed by atoms with Crippen LogP contribution in [0.25, 0.3) is 0 Å². The first-order chi connectivity index (χ1) is 10.1. The van der Waals surface area contributed by atoms with Crippen molar-refractivity contribution in [3.63, 3.8) is 0 Å². The number of nitrogens with zero attached hydrogens (tertiary/aromatic N) is 1. The van der Waals surface area contributed by atoms with Crippen molar-refractivity contribution >= 4 is 17.7 Å². The van der Waals surface area contributed by atoms with Crippen molar-refractivity contribution in [1.29, 1.82) is 0 Å². The van der Waals surface area contributed by atoms with E-state index in [4.69, 9.17) is 0 Å². The minimum atomic E-state index is -0.205. The number of amides is 2. The number of para-hydroxylation sites is 1. The molecule has 2 amide bonds. The number of carbonyl (C=O) groups excluding carboxylic acids is 2. The van der Waals surface area contributed by atoms with Crippen LogP contribution in [-0.4, -0.2) is 31.7 Å². The summed E-state index contributed by atoms with van der Waals surface area (Å²) in [5.41, 5.74) is 2.21. The van der Waals surface area contributed by atoms with Gasteiger partial charge >= 0.3 is 12.0 Å². The molecule has 1 aromatic rings. The van der Waals surface area contributed by atoms with Gasteiger partial charge in [-0.25, -0.2) is 4.79 Å². The van der Waals surface area contributed by atoms with Crippen LogP contribution in [0.4, 0.5) is 10.5 Å². The highest BCUT2D eigenvalue weighted by Gasteiger charge is 2.30. The van der Waals surface area contributed by atoms with E-state index >= 15 is 0 Å². The van der Waals surface area contributed by atoms with Crippen LogP contribution in [0.5, 0.6) is 0 Å². The molecule has 0 saturated carbocycles. The number of hydrogen-bond acceptors (Lipinski definition) is 3. The first-order valence-corrected chi connectivity index (χ1v) is 7.35. The van der Waals surface area contributed by atoms with Crippen molar-refractivity contribution in [2.75, 3.05) is 18.6 Å². The number of methoxy groups -OCH3 is 1. The maximum Gasteiger partial charge on any atom is 0.322 e. The number of esters is 1. The molecule has 0 bridgehead atoms. The largest absolute Gasteiger partial charge is 0.469 e. The van der Waals surface area contributed by atoms with Gasteiger partial charge in [-0.2, -0.15) is 0 Å². The van der Waals surface area contributed by atoms with Gasteiger partial charge in [0.25, 0.3) is 0 Å². The Morgan fingerprint density at radius 2 is 2.10 bits per heavy atom. The fraction of sp³-hybridized carbons (Fsp3) is 0.500. The normalized spacial score (nSPS) is 16.5. The van der Waals surface area contributed by atoms with Crippen molar-refractivity contribution in [3.8, 4) is 0 Å². The summed E-state index contributed by atoms with van der Waals surface area (Å²) < 4.78 is 4.58. The molecule has 5 heteroatoms. The molecule has 1 N–H and O–H groups in total. The zero-order chi connectivity index (χ0) is 15.2. The summed E-state index contributed by atoms with van der Waals surface area (Å²) in [5, 5.41) is 2.92. The number of anilines is 1. The predicted molar refractivity (Wildman–Crippen MR) is 81.4 cm³/mol. The van der Waals surface area contributed by atoms with Gasteiger partial charge in [-0.15, -0.1) is 0 Å². The van der Waals surface area contributed by atoms with Crippen molar-refractivity contribution < 1.29 is 14.3 Å². The zero-order valence-corrected chi connectivity index (χ0v) is 12.6. The lowest BCUT2D eigenvalue weighted by Crippen LogP contribution is -2.43. The molecule has 114 valence electrons. The molecular weight excluding hydrogens is 268 g/mol. The third-order valence-electron chi connectivity index (χ3n) is 3.74. The second-order valence-corrected chi connectivity index (χ2v) is 5.32. The number of ether oxygens (including phenoxy) is 1. The third-order valence-corrected chi connectivity index (χ3v) is 3.74. The number of rotatable bonds is 5. The quantitative estimate of drug-likeness (QED) is 0.669. The van der Waals surface area contributed by atoms with E-state index in [-0.39, 0.29) is 18.0 Å². The van der Waals surface area contributed by atoms with E-state index in [0.717, 1.165) is 24.9 Å². The van der Waals surface area contributed by atoms with Crippen molar-refractivity contribution in [3.05, 3.63) is 29.8 Å². The van der Waals surface area contributed by atoms with Gasteiger partial charge < -0.3 is 10.1 Å². The Labute approximate surface area is 125 Å². The summed E-state index contributed by atoms with van der Waals surface area (Å²) >= 11 is 0. The number of fused-ring (bicyclic) bond motifs is 1. The molecule has 0 spiro atoms. The summed E-state index contributed by atoms with van der Waals surface area (Å²) in [6.45, 7) is 2.62. The number of benzene rings is 1. The van der Waals surface area contributed by atoms with Gasteiger partial charge in [0.1, 0.15) is 0 Å². The summed E-state index contributed by atoms with van der Waals surface area (Å²) in [6.07, 6.45) is 2.78. The molecule has 0 radical (unpaired) electrons. The molecule has 1 unspecified atom stereocenters. The van der Waals surface area contributed by atoms with Crippen molar-refractivity contribution in [1.82, 2.24) is 5.32 Å². The lowest BCUT2D eigenvalue weighted by atomic mass is 10.1. The number of nitrogens with one attached hydrogen (secondary N) is 1. The Bertz CT molecular complexity index is 516. The van der Waals surface area contributed by atoms with E-state index in [1.807, 2.05) is 23.1 Å². The lowest BCUT2D eigenvalue weighted by molar-refractivity contribution is -0.140. The topological polar surface area (TPSA) is 58.6 Å². The van der Waals surface area contributed by atoms with E-state index in [1.54, 1.807) is 0 Å². The number of unbranched alkanes of at least 4 members (excludes halogenated alkanes) is 1. The molecule has 1 aromatic carbocycles. The Balaban J connectivity index is 1.80. The molecule has 0 saturated heterocycles. The summed E-state index contributed by atoms with van der Waals surface area (Å²) in [4.78, 5) is 25.1. The third kappa shape index (κ3) is 3.74. The molecule has 1 heterocycles. The molecule has 0 aromatic heterocycles. The minimum absolute atomic E-state index is 0.0643. The van der Waals surface area contributed by atoms with Crippen molar-refractivity contribution in [2.45, 2.75) is 38.6 Å². The van der Waals surface area contributed by atoms with Crippen LogP contribution in [0.3, 0.4) is 0 Å². The van der Waals surface area contributed by atoms with Gasteiger partial charge in [-0.05, 0) is 37.8 Å². The highest BCUT2D eigenvalue weighted by molar-refractivity contribution is 5.94. The first-order valence-electron chi connectivity index (χ1n) is 7.35. The zero-order valence-electron chi connectivity index (χ0n) is 12.6. The molecule has 5 nitrogen and oxygen atoms in total. The average molecular weight is 290 g/mol. The summed E-state index contributed by atoms with van der Waals surface area (Å²) in [6, 6.07) is 8.11. The molecule has 1 aliphatic heterocycles. The minimum Gasteiger partial charge on any atom is -0.469 e. The SMILES string of the molecule is COC(=O)CCCCNC(=O)N1c2ccccc2CC1C. The Morgan fingerprint density at radius 3 is 2.86 bits per heavy atom. The van der Waals surface area contributed by atoms with Crippen LogP contribution in [-0.2, 0) is 16.0 Å². The smallest absolute Gasteiger partial charge is 0.322 e. The highest BCUT2D eigenvalue weighted by Crippen LogP contribution is 2.31. The molecule has 1 atom stereocenters.